The number of nitrogens with one attached hydrogen (secondary N) is 1. The molecule has 0 amide bonds. The highest BCUT2D eigenvalue weighted by atomic mass is 32.1. The van der Waals surface area contributed by atoms with Crippen LogP contribution in [-0.4, -0.2) is 16.6 Å². The van der Waals surface area contributed by atoms with Crippen molar-refractivity contribution in [3.63, 3.8) is 0 Å². The van der Waals surface area contributed by atoms with Gasteiger partial charge in [-0.1, -0.05) is 18.2 Å². The van der Waals surface area contributed by atoms with Gasteiger partial charge < -0.3 is 14.8 Å². The Balaban J connectivity index is 1.56. The predicted octanol–water partition coefficient (Wildman–Crippen LogP) is 3.60. The van der Waals surface area contributed by atoms with Crippen LogP contribution in [0.25, 0.3) is 11.1 Å². The van der Waals surface area contributed by atoms with E-state index in [1.54, 1.807) is 11.3 Å². The predicted molar refractivity (Wildman–Crippen MR) is 83.4 cm³/mol. The minimum Gasteiger partial charge on any atom is -0.424 e. The summed E-state index contributed by atoms with van der Waals surface area (Å²) in [6, 6.07) is 12.1. The van der Waals surface area contributed by atoms with Crippen LogP contribution in [0.5, 0.6) is 0 Å². The molecule has 1 aliphatic rings. The smallest absolute Gasteiger partial charge is 0.295 e. The van der Waals surface area contributed by atoms with E-state index in [1.807, 2.05) is 41.8 Å². The highest BCUT2D eigenvalue weighted by Crippen LogP contribution is 2.47. The topological polar surface area (TPSA) is 58.3 Å². The molecule has 4 rings (SSSR count). The first-order valence-electron chi connectivity index (χ1n) is 7.11. The van der Waals surface area contributed by atoms with E-state index in [0.29, 0.717) is 18.5 Å². The molecule has 1 fully saturated rings. The maximum Gasteiger partial charge on any atom is 0.295 e. The van der Waals surface area contributed by atoms with E-state index in [0.717, 1.165) is 28.8 Å². The van der Waals surface area contributed by atoms with Crippen molar-refractivity contribution in [2.45, 2.75) is 18.4 Å². The van der Waals surface area contributed by atoms with Crippen molar-refractivity contribution in [2.24, 2.45) is 5.92 Å². The lowest BCUT2D eigenvalue weighted by atomic mass is 9.96. The third-order valence-electron chi connectivity index (χ3n) is 4.00. The van der Waals surface area contributed by atoms with Crippen LogP contribution < -0.4 is 5.32 Å². The molecule has 5 heteroatoms. The first-order valence-corrected chi connectivity index (χ1v) is 7.99. The SMILES string of the molecule is OC(CNc1nc2ccccc2o1)(c1cccs1)C1CC1. The first kappa shape index (κ1) is 12.9. The van der Waals surface area contributed by atoms with Crippen LogP contribution in [-0.2, 0) is 5.60 Å². The fraction of sp³-hybridized carbons (Fsp3) is 0.312. The average Bonchev–Trinajstić information content (AvgIpc) is 3.06. The second-order valence-electron chi connectivity index (χ2n) is 5.52. The summed E-state index contributed by atoms with van der Waals surface area (Å²) in [4.78, 5) is 5.40. The molecule has 3 aromatic rings. The lowest BCUT2D eigenvalue weighted by Gasteiger charge is -2.27. The molecule has 2 N–H and O–H groups in total. The number of aromatic nitrogens is 1. The molecule has 0 radical (unpaired) electrons. The van der Waals surface area contributed by atoms with Crippen molar-refractivity contribution in [1.82, 2.24) is 4.98 Å². The Morgan fingerprint density at radius 2 is 2.14 bits per heavy atom. The number of hydrogen-bond acceptors (Lipinski definition) is 5. The molecule has 2 aromatic heterocycles. The van der Waals surface area contributed by atoms with Gasteiger partial charge in [0.2, 0.25) is 0 Å². The fourth-order valence-electron chi connectivity index (χ4n) is 2.68. The number of oxazole rings is 1. The standard InChI is InChI=1S/C16H16N2O2S/c19-16(11-7-8-11,14-6-3-9-21-14)10-17-15-18-12-4-1-2-5-13(12)20-15/h1-6,9,11,19H,7-8,10H2,(H,17,18). The van der Waals surface area contributed by atoms with E-state index >= 15 is 0 Å². The Labute approximate surface area is 126 Å². The molecule has 0 bridgehead atoms. The number of fused-ring (bicyclic) bond motifs is 1. The molecule has 1 aromatic carbocycles. The van der Waals surface area contributed by atoms with Crippen LogP contribution in [0, 0.1) is 5.92 Å². The third kappa shape index (κ3) is 2.32. The zero-order valence-electron chi connectivity index (χ0n) is 11.5. The van der Waals surface area contributed by atoms with Crippen LogP contribution in [0.15, 0.2) is 46.2 Å². The molecule has 0 aliphatic heterocycles. The molecule has 1 aliphatic carbocycles. The number of rotatable bonds is 5. The maximum absolute atomic E-state index is 11.0. The third-order valence-corrected chi connectivity index (χ3v) is 5.04. The van der Waals surface area contributed by atoms with Gasteiger partial charge in [0.05, 0.1) is 6.54 Å². The number of benzene rings is 1. The molecule has 1 saturated carbocycles. The molecule has 2 heterocycles. The summed E-state index contributed by atoms with van der Waals surface area (Å²) >= 11 is 1.60. The van der Waals surface area contributed by atoms with Crippen LogP contribution in [0.3, 0.4) is 0 Å². The number of nitrogens with zero attached hydrogens (tertiary/aromatic N) is 1. The molecule has 0 saturated heterocycles. The van der Waals surface area contributed by atoms with Crippen molar-refractivity contribution in [3.8, 4) is 0 Å². The van der Waals surface area contributed by atoms with Gasteiger partial charge in [0, 0.05) is 4.88 Å². The Morgan fingerprint density at radius 3 is 2.86 bits per heavy atom. The van der Waals surface area contributed by atoms with Gasteiger partial charge in [-0.15, -0.1) is 11.3 Å². The van der Waals surface area contributed by atoms with Gasteiger partial charge in [0.15, 0.2) is 5.58 Å². The number of thiophene rings is 1. The number of para-hydroxylation sites is 2. The van der Waals surface area contributed by atoms with Crippen molar-refractivity contribution >= 4 is 28.5 Å². The Bertz CT molecular complexity index is 716. The zero-order chi connectivity index (χ0) is 14.3. The zero-order valence-corrected chi connectivity index (χ0v) is 12.3. The fourth-order valence-corrected chi connectivity index (χ4v) is 3.58. The Kier molecular flexibility index (Phi) is 2.97. The van der Waals surface area contributed by atoms with Gasteiger partial charge in [0.25, 0.3) is 6.01 Å². The average molecular weight is 300 g/mol. The van der Waals surface area contributed by atoms with Crippen LogP contribution >= 0.6 is 11.3 Å². The first-order chi connectivity index (χ1) is 10.3. The van der Waals surface area contributed by atoms with E-state index in [9.17, 15) is 5.11 Å². The summed E-state index contributed by atoms with van der Waals surface area (Å²) in [5.74, 6) is 0.327. The van der Waals surface area contributed by atoms with Crippen LogP contribution in [0.2, 0.25) is 0 Å². The quantitative estimate of drug-likeness (QED) is 0.756. The molecule has 0 spiro atoms. The lowest BCUT2D eigenvalue weighted by Crippen LogP contribution is -2.35. The van der Waals surface area contributed by atoms with E-state index in [1.165, 1.54) is 0 Å². The maximum atomic E-state index is 11.0. The minimum absolute atomic E-state index is 0.327. The molecule has 1 atom stereocenters. The van der Waals surface area contributed by atoms with Crippen molar-refractivity contribution in [2.75, 3.05) is 11.9 Å². The van der Waals surface area contributed by atoms with Crippen molar-refractivity contribution < 1.29 is 9.52 Å². The van der Waals surface area contributed by atoms with Gasteiger partial charge in [0.1, 0.15) is 11.1 Å². The monoisotopic (exact) mass is 300 g/mol. The van der Waals surface area contributed by atoms with Gasteiger partial charge in [-0.05, 0) is 42.3 Å². The van der Waals surface area contributed by atoms with E-state index in [2.05, 4.69) is 10.3 Å². The minimum atomic E-state index is -0.825. The second kappa shape index (κ2) is 4.86. The highest BCUT2D eigenvalue weighted by Gasteiger charge is 2.45. The second-order valence-corrected chi connectivity index (χ2v) is 6.46. The summed E-state index contributed by atoms with van der Waals surface area (Å²) in [7, 11) is 0. The largest absolute Gasteiger partial charge is 0.424 e. The van der Waals surface area contributed by atoms with E-state index < -0.39 is 5.60 Å². The summed E-state index contributed by atoms with van der Waals surface area (Å²) in [5.41, 5.74) is 0.756. The summed E-state index contributed by atoms with van der Waals surface area (Å²) in [5, 5.41) is 16.2. The van der Waals surface area contributed by atoms with E-state index in [-0.39, 0.29) is 0 Å². The summed E-state index contributed by atoms with van der Waals surface area (Å²) in [6.07, 6.45) is 2.15. The molecule has 4 nitrogen and oxygen atoms in total. The normalized spacial score (nSPS) is 17.8. The number of anilines is 1. The number of hydrogen-bond donors (Lipinski definition) is 2. The van der Waals surface area contributed by atoms with Crippen LogP contribution in [0.4, 0.5) is 6.01 Å². The lowest BCUT2D eigenvalue weighted by molar-refractivity contribution is 0.0298. The Morgan fingerprint density at radius 1 is 1.29 bits per heavy atom. The molecule has 1 unspecified atom stereocenters. The van der Waals surface area contributed by atoms with Gasteiger partial charge in [-0.3, -0.25) is 0 Å². The molecule has 108 valence electrons. The van der Waals surface area contributed by atoms with Crippen LogP contribution in [0.1, 0.15) is 17.7 Å². The summed E-state index contributed by atoms with van der Waals surface area (Å²) in [6.45, 7) is 0.422. The van der Waals surface area contributed by atoms with Gasteiger partial charge in [-0.2, -0.15) is 4.98 Å². The molecular weight excluding hydrogens is 284 g/mol. The van der Waals surface area contributed by atoms with Crippen molar-refractivity contribution in [3.05, 3.63) is 46.7 Å². The Hall–Kier alpha value is -1.85. The highest BCUT2D eigenvalue weighted by molar-refractivity contribution is 7.10. The number of aliphatic hydroxyl groups is 1. The van der Waals surface area contributed by atoms with Gasteiger partial charge >= 0.3 is 0 Å². The van der Waals surface area contributed by atoms with Gasteiger partial charge in [-0.25, -0.2) is 0 Å². The van der Waals surface area contributed by atoms with Crippen molar-refractivity contribution in [1.29, 1.82) is 0 Å². The molecule has 21 heavy (non-hydrogen) atoms. The van der Waals surface area contributed by atoms with E-state index in [4.69, 9.17) is 4.42 Å². The molecular formula is C16H16N2O2S. The summed E-state index contributed by atoms with van der Waals surface area (Å²) < 4.78 is 5.65.